The third kappa shape index (κ3) is 10.4. The summed E-state index contributed by atoms with van der Waals surface area (Å²) in [7, 11) is 0. The van der Waals surface area contributed by atoms with Crippen molar-refractivity contribution in [2.45, 2.75) is 133 Å². The summed E-state index contributed by atoms with van der Waals surface area (Å²) >= 11 is 1.46. The molecule has 0 unspecified atom stereocenters. The summed E-state index contributed by atoms with van der Waals surface area (Å²) in [6.45, 7) is 36.4. The van der Waals surface area contributed by atoms with E-state index in [1.165, 1.54) is 116 Å². The van der Waals surface area contributed by atoms with Gasteiger partial charge in [0.1, 0.15) is 0 Å². The molecule has 310 valence electrons. The van der Waals surface area contributed by atoms with Crippen LogP contribution in [0.1, 0.15) is 157 Å². The summed E-state index contributed by atoms with van der Waals surface area (Å²) in [5, 5.41) is 0. The molecule has 3 heteroatoms. The molecule has 8 rings (SSSR count). The molecule has 0 N–H and O–H groups in total. The van der Waals surface area contributed by atoms with E-state index in [9.17, 15) is 0 Å². The Balaban J connectivity index is 0.000000229. The normalized spacial score (nSPS) is 15.4. The van der Waals surface area contributed by atoms with E-state index in [2.05, 4.69) is 214 Å². The Labute approximate surface area is 385 Å². The fourth-order valence-corrected chi connectivity index (χ4v) is 9.40. The Kier molecular flexibility index (Phi) is 14.4. The van der Waals surface area contributed by atoms with Gasteiger partial charge in [-0.2, -0.15) is 28.8 Å². The number of hydrogen-bond donors (Lipinski definition) is 0. The summed E-state index contributed by atoms with van der Waals surface area (Å²) in [6, 6.07) is 34.2. The standard InChI is InChI=1S/C31H37.C15H14.C10H15.2ClH.Zr/c1-28(2,3)26-16-30(7,8)24-12-18-11-19-13-25-23(15-21(19)20(18)14-22(24)26)27(29(4,5)6)17-31(25,9)10;1-12-3-7-14(8-4-12)11-15-9-5-13(2)6-10-15;1-8-5-6-9(7-8)10(2,3)4;;;/h12-16H,11H2,1-10H3;3-10H,1-2H3;5-7H,1-4H3;2*1H;/q-1;;-1;;;+2/p-2. The van der Waals surface area contributed by atoms with Gasteiger partial charge in [-0.3, -0.25) is 6.08 Å². The van der Waals surface area contributed by atoms with Gasteiger partial charge in [0.2, 0.25) is 0 Å². The Morgan fingerprint density at radius 3 is 1.47 bits per heavy atom. The van der Waals surface area contributed by atoms with Crippen LogP contribution in [0.25, 0.3) is 22.3 Å². The first-order valence-electron chi connectivity index (χ1n) is 21.0. The largest absolute Gasteiger partial charge is 1.00 e. The van der Waals surface area contributed by atoms with Crippen molar-refractivity contribution in [2.75, 3.05) is 0 Å². The van der Waals surface area contributed by atoms with Gasteiger partial charge in [-0.15, -0.1) is 11.6 Å². The molecule has 0 bridgehead atoms. The van der Waals surface area contributed by atoms with Crippen LogP contribution in [0, 0.1) is 37.7 Å². The number of benzene rings is 4. The number of hydrogen-bond acceptors (Lipinski definition) is 0. The van der Waals surface area contributed by atoms with Crippen molar-refractivity contribution in [1.29, 1.82) is 0 Å². The second-order valence-electron chi connectivity index (χ2n) is 21.2. The van der Waals surface area contributed by atoms with Crippen LogP contribution in [0.4, 0.5) is 0 Å². The molecule has 0 atom stereocenters. The number of rotatable bonds is 2. The van der Waals surface area contributed by atoms with Crippen LogP contribution < -0.4 is 24.8 Å². The minimum absolute atomic E-state index is 0. The molecule has 0 saturated heterocycles. The van der Waals surface area contributed by atoms with Gasteiger partial charge in [-0.1, -0.05) is 126 Å². The second-order valence-corrected chi connectivity index (χ2v) is 22.5. The van der Waals surface area contributed by atoms with Crippen molar-refractivity contribution in [2.24, 2.45) is 10.8 Å². The molecule has 0 aliphatic heterocycles. The fraction of sp³-hybridized carbons (Fsp3) is 0.393. The average molecular weight is 901 g/mol. The summed E-state index contributed by atoms with van der Waals surface area (Å²) < 4.78 is 1.42. The van der Waals surface area contributed by atoms with E-state index >= 15 is 0 Å². The minimum atomic E-state index is -0.0202. The Morgan fingerprint density at radius 2 is 1.07 bits per heavy atom. The van der Waals surface area contributed by atoms with Gasteiger partial charge in [-0.05, 0) is 62.3 Å². The topological polar surface area (TPSA) is 0 Å². The van der Waals surface area contributed by atoms with E-state index < -0.39 is 0 Å². The van der Waals surface area contributed by atoms with Gasteiger partial charge in [0, 0.05) is 5.41 Å². The Morgan fingerprint density at radius 1 is 0.593 bits per heavy atom. The first-order valence-corrected chi connectivity index (χ1v) is 22.2. The van der Waals surface area contributed by atoms with Crippen molar-refractivity contribution in [3.8, 4) is 11.1 Å². The first kappa shape index (κ1) is 48.7. The van der Waals surface area contributed by atoms with Crippen molar-refractivity contribution in [3.63, 3.8) is 0 Å². The maximum absolute atomic E-state index is 3.85. The van der Waals surface area contributed by atoms with Gasteiger partial charge < -0.3 is 24.8 Å². The van der Waals surface area contributed by atoms with E-state index in [-0.39, 0.29) is 46.5 Å². The van der Waals surface area contributed by atoms with Crippen LogP contribution in [0.5, 0.6) is 0 Å². The molecule has 59 heavy (non-hydrogen) atoms. The van der Waals surface area contributed by atoms with Crippen LogP contribution in [0.2, 0.25) is 0 Å². The summed E-state index contributed by atoms with van der Waals surface area (Å²) in [5.41, 5.74) is 23.3. The van der Waals surface area contributed by atoms with E-state index in [0.29, 0.717) is 5.41 Å². The molecule has 3 aliphatic rings. The smallest absolute Gasteiger partial charge is 1.00 e. The van der Waals surface area contributed by atoms with Crippen molar-refractivity contribution < 1.29 is 49.0 Å². The molecule has 5 aromatic rings. The zero-order chi connectivity index (χ0) is 42.0. The van der Waals surface area contributed by atoms with E-state index in [4.69, 9.17) is 0 Å². The minimum Gasteiger partial charge on any atom is -1.00 e. The molecule has 0 spiro atoms. The molecule has 0 fully saturated rings. The molecule has 3 aliphatic carbocycles. The Hall–Kier alpha value is -2.96. The first-order chi connectivity index (χ1) is 26.3. The third-order valence-corrected chi connectivity index (χ3v) is 13.5. The van der Waals surface area contributed by atoms with E-state index in [0.717, 1.165) is 6.42 Å². The predicted molar refractivity (Wildman–Crippen MR) is 245 cm³/mol. The number of allylic oxidation sites excluding steroid dienone is 4. The van der Waals surface area contributed by atoms with Gasteiger partial charge in [-0.25, -0.2) is 11.6 Å². The number of aryl methyl sites for hydroxylation is 3. The number of fused-ring (bicyclic) bond motifs is 5. The van der Waals surface area contributed by atoms with Crippen LogP contribution in [-0.4, -0.2) is 3.21 Å². The monoisotopic (exact) mass is 898 g/mol. The molecule has 0 radical (unpaired) electrons. The van der Waals surface area contributed by atoms with Gasteiger partial charge in [0.25, 0.3) is 0 Å². The van der Waals surface area contributed by atoms with Crippen LogP contribution in [0.3, 0.4) is 0 Å². The maximum atomic E-state index is 3.85. The van der Waals surface area contributed by atoms with Gasteiger partial charge in [0.15, 0.2) is 0 Å². The molecule has 0 heterocycles. The zero-order valence-electron chi connectivity index (χ0n) is 38.7. The van der Waals surface area contributed by atoms with E-state index in [1.807, 2.05) is 0 Å². The molecule has 0 aromatic heterocycles. The summed E-state index contributed by atoms with van der Waals surface area (Å²) in [5.74, 6) is 0. The van der Waals surface area contributed by atoms with Crippen molar-refractivity contribution in [1.82, 2.24) is 0 Å². The fourth-order valence-electron chi connectivity index (χ4n) is 8.58. The molecule has 0 saturated carbocycles. The predicted octanol–water partition coefficient (Wildman–Crippen LogP) is 8.94. The zero-order valence-corrected chi connectivity index (χ0v) is 42.7. The molecule has 5 aromatic carbocycles. The van der Waals surface area contributed by atoms with Crippen LogP contribution >= 0.6 is 0 Å². The third-order valence-electron chi connectivity index (χ3n) is 12.0. The van der Waals surface area contributed by atoms with Crippen molar-refractivity contribution >= 4 is 14.4 Å². The molecular weight excluding hydrogens is 835 g/mol. The Bertz CT molecular complexity index is 2240. The molecular formula is C56H66Cl2Zr-2. The summed E-state index contributed by atoms with van der Waals surface area (Å²) in [6.07, 6.45) is 7.41. The second kappa shape index (κ2) is 17.4. The SMILES string of the molecule is CC(C)(C)C1=[C-]C(C)(C)c2cc3c(cc21)-c1cc2c(cc1C3)C(C)(C)C=C2C(C)(C)C.Cc1cc(C(C)(C)C)c[cH-]1.Cc1ccc([C](=[Zr+2])c2ccc(C)cc2)cc1.[Cl-].[Cl-]. The van der Waals surface area contributed by atoms with Crippen LogP contribution in [-0.2, 0) is 46.9 Å². The van der Waals surface area contributed by atoms with Crippen LogP contribution in [0.15, 0.2) is 97.1 Å². The number of halogens is 2. The van der Waals surface area contributed by atoms with Gasteiger partial charge >= 0.3 is 112 Å². The average Bonchev–Trinajstić information content (AvgIpc) is 3.84. The van der Waals surface area contributed by atoms with Crippen molar-refractivity contribution in [3.05, 3.63) is 170 Å². The molecule has 0 nitrogen and oxygen atoms in total. The summed E-state index contributed by atoms with van der Waals surface area (Å²) in [4.78, 5) is 0. The maximum Gasteiger partial charge on any atom is -1.00 e. The van der Waals surface area contributed by atoms with Gasteiger partial charge in [0.05, 0.1) is 0 Å². The van der Waals surface area contributed by atoms with E-state index in [1.54, 1.807) is 0 Å². The molecule has 0 amide bonds. The quantitative estimate of drug-likeness (QED) is 0.153.